The van der Waals surface area contributed by atoms with E-state index in [1.807, 2.05) is 0 Å². The van der Waals surface area contributed by atoms with E-state index in [2.05, 4.69) is 0 Å². The zero-order chi connectivity index (χ0) is 12.9. The van der Waals surface area contributed by atoms with Crippen LogP contribution in [0.3, 0.4) is 0 Å². The molecule has 1 saturated heterocycles. The molecule has 0 aliphatic carbocycles. The van der Waals surface area contributed by atoms with Crippen molar-refractivity contribution in [1.29, 1.82) is 0 Å². The summed E-state index contributed by atoms with van der Waals surface area (Å²) in [5.41, 5.74) is 0. The van der Waals surface area contributed by atoms with Crippen LogP contribution >= 0.6 is 101 Å². The second kappa shape index (κ2) is 4.83. The maximum absolute atomic E-state index is 6.20. The van der Waals surface area contributed by atoms with Gasteiger partial charge in [-0.05, 0) is 0 Å². The second-order valence-corrected chi connectivity index (χ2v) is 23.9. The molecule has 0 aromatic rings. The van der Waals surface area contributed by atoms with Crippen molar-refractivity contribution in [3.8, 4) is 0 Å². The van der Waals surface area contributed by atoms with Crippen molar-refractivity contribution in [2.45, 2.75) is 0 Å². The number of hydrogen-bond donors (Lipinski definition) is 0. The summed E-state index contributed by atoms with van der Waals surface area (Å²) >= 11 is 48.4. The van der Waals surface area contributed by atoms with Gasteiger partial charge in [0.25, 0.3) is 0 Å². The molecule has 1 rings (SSSR count). The fourth-order valence-electron chi connectivity index (χ4n) is 1.44. The molecule has 2 nitrogen and oxygen atoms in total. The van der Waals surface area contributed by atoms with Gasteiger partial charge in [0.05, 0.1) is 0 Å². The summed E-state index contributed by atoms with van der Waals surface area (Å²) in [6.07, 6.45) is 0. The first-order valence-electron chi connectivity index (χ1n) is 3.98. The maximum atomic E-state index is 6.20. The standard InChI is InChI=1S/C4H8Cl8N2P2/c5-1-3-13-15(7,8,9)14(4-2-6)16(13,10,11)12/h1-4H2. The van der Waals surface area contributed by atoms with E-state index in [1.54, 1.807) is 0 Å². The molecule has 1 aliphatic heterocycles. The summed E-state index contributed by atoms with van der Waals surface area (Å²) in [4.78, 5) is -7.72. The van der Waals surface area contributed by atoms with Gasteiger partial charge in [0.15, 0.2) is 0 Å². The van der Waals surface area contributed by atoms with E-state index in [4.69, 9.17) is 90.6 Å². The summed E-state index contributed by atoms with van der Waals surface area (Å²) in [7, 11) is 0. The molecule has 12 heteroatoms. The van der Waals surface area contributed by atoms with Crippen molar-refractivity contribution in [3.05, 3.63) is 0 Å². The quantitative estimate of drug-likeness (QED) is 0.359. The molecule has 1 aliphatic rings. The van der Waals surface area contributed by atoms with E-state index in [9.17, 15) is 0 Å². The summed E-state index contributed by atoms with van der Waals surface area (Å²) in [6, 6.07) is 0. The molecule has 0 amide bonds. The van der Waals surface area contributed by atoms with Gasteiger partial charge in [-0.25, -0.2) is 0 Å². The van der Waals surface area contributed by atoms with Gasteiger partial charge in [0, 0.05) is 0 Å². The third-order valence-electron chi connectivity index (χ3n) is 2.03. The first-order chi connectivity index (χ1) is 6.95. The van der Waals surface area contributed by atoms with Crippen molar-refractivity contribution in [1.82, 2.24) is 8.88 Å². The molecular weight excluding hydrogens is 422 g/mol. The number of halogens is 8. The van der Waals surface area contributed by atoms with Crippen LogP contribution in [0.25, 0.3) is 0 Å². The minimum atomic E-state index is -3.86. The fraction of sp³-hybridized carbons (Fsp3) is 1.00. The summed E-state index contributed by atoms with van der Waals surface area (Å²) in [5, 5.41) is 0. The Labute approximate surface area is 133 Å². The molecule has 0 atom stereocenters. The van der Waals surface area contributed by atoms with Crippen molar-refractivity contribution < 1.29 is 0 Å². The van der Waals surface area contributed by atoms with E-state index < -0.39 is 9.93 Å². The van der Waals surface area contributed by atoms with Crippen molar-refractivity contribution in [2.24, 2.45) is 0 Å². The van der Waals surface area contributed by atoms with Crippen molar-refractivity contribution in [3.63, 3.8) is 0 Å². The zero-order valence-electron chi connectivity index (χ0n) is 7.64. The molecule has 1 heterocycles. The molecule has 0 radical (unpaired) electrons. The number of alkyl halides is 2. The van der Waals surface area contributed by atoms with Crippen LogP contribution in [0.5, 0.6) is 0 Å². The molecule has 0 spiro atoms. The van der Waals surface area contributed by atoms with E-state index in [1.165, 1.54) is 8.88 Å². The number of rotatable bonds is 4. The monoisotopic (exact) mass is 426 g/mol. The van der Waals surface area contributed by atoms with Gasteiger partial charge in [-0.15, -0.1) is 0 Å². The van der Waals surface area contributed by atoms with Crippen LogP contribution < -0.4 is 0 Å². The SMILES string of the molecule is ClCCN1P(Cl)(Cl)(Cl)N(CCCl)P1(Cl)(Cl)Cl. The van der Waals surface area contributed by atoms with Crippen LogP contribution in [0, 0.1) is 0 Å². The average molecular weight is 430 g/mol. The summed E-state index contributed by atoms with van der Waals surface area (Å²) in [5.74, 6) is 0.422. The molecule has 0 aromatic carbocycles. The molecule has 0 bridgehead atoms. The first-order valence-corrected chi connectivity index (χ1v) is 14.8. The van der Waals surface area contributed by atoms with E-state index in [0.717, 1.165) is 0 Å². The average Bonchev–Trinajstić information content (AvgIpc) is 2.07. The Morgan fingerprint density at radius 2 is 0.875 bits per heavy atom. The van der Waals surface area contributed by atoms with Gasteiger partial charge in [-0.3, -0.25) is 0 Å². The molecule has 0 unspecified atom stereocenters. The summed E-state index contributed by atoms with van der Waals surface area (Å²) < 4.78 is 2.62. The minimum absolute atomic E-state index is 0.211. The van der Waals surface area contributed by atoms with Crippen LogP contribution in [0.2, 0.25) is 0 Å². The van der Waals surface area contributed by atoms with Gasteiger partial charge < -0.3 is 0 Å². The Hall–Kier alpha value is 3.10. The second-order valence-electron chi connectivity index (χ2n) is 3.04. The Morgan fingerprint density at radius 1 is 0.625 bits per heavy atom. The third kappa shape index (κ3) is 2.62. The Balaban J connectivity index is 3.12. The fourth-order valence-corrected chi connectivity index (χ4v) is 31.2. The predicted molar refractivity (Wildman–Crippen MR) is 83.8 cm³/mol. The Bertz CT molecular complexity index is 248. The molecule has 0 aromatic heterocycles. The van der Waals surface area contributed by atoms with Crippen LogP contribution in [-0.2, 0) is 0 Å². The molecule has 1 fully saturated rings. The van der Waals surface area contributed by atoms with E-state index >= 15 is 0 Å². The number of nitrogens with zero attached hydrogens (tertiary/aromatic N) is 2. The first kappa shape index (κ1) is 17.2. The van der Waals surface area contributed by atoms with Crippen molar-refractivity contribution in [2.75, 3.05) is 24.8 Å². The Kier molecular flexibility index (Phi) is 5.18. The van der Waals surface area contributed by atoms with Crippen LogP contribution in [-0.4, -0.2) is 33.7 Å². The normalized spacial score (nSPS) is 36.2. The van der Waals surface area contributed by atoms with Gasteiger partial charge >= 0.3 is 134 Å². The van der Waals surface area contributed by atoms with E-state index in [0.29, 0.717) is 0 Å². The van der Waals surface area contributed by atoms with Gasteiger partial charge in [0.2, 0.25) is 0 Å². The molecule has 16 heavy (non-hydrogen) atoms. The van der Waals surface area contributed by atoms with Gasteiger partial charge in [-0.2, -0.15) is 0 Å². The Morgan fingerprint density at radius 3 is 1.06 bits per heavy atom. The predicted octanol–water partition coefficient (Wildman–Crippen LogP) is 6.77. The van der Waals surface area contributed by atoms with Crippen LogP contribution in [0.4, 0.5) is 0 Å². The van der Waals surface area contributed by atoms with Crippen LogP contribution in [0.1, 0.15) is 0 Å². The third-order valence-corrected chi connectivity index (χ3v) is 20.6. The molecule has 0 saturated carbocycles. The molecule has 0 N–H and O–H groups in total. The molecule has 100 valence electrons. The van der Waals surface area contributed by atoms with Gasteiger partial charge in [0.1, 0.15) is 0 Å². The summed E-state index contributed by atoms with van der Waals surface area (Å²) in [6.45, 7) is 0.423. The van der Waals surface area contributed by atoms with E-state index in [-0.39, 0.29) is 24.8 Å². The van der Waals surface area contributed by atoms with Gasteiger partial charge in [-0.1, -0.05) is 0 Å². The zero-order valence-corrected chi connectivity index (χ0v) is 15.5. The van der Waals surface area contributed by atoms with Crippen molar-refractivity contribution >= 4 is 101 Å². The topological polar surface area (TPSA) is 6.48 Å². The molecular formula is C4H8Cl8N2P2. The number of hydrogen-bond acceptors (Lipinski definition) is 2. The van der Waals surface area contributed by atoms with Crippen LogP contribution in [0.15, 0.2) is 0 Å².